The summed E-state index contributed by atoms with van der Waals surface area (Å²) in [6.45, 7) is 6.68. The number of rotatable bonds is 61. The van der Waals surface area contributed by atoms with E-state index in [2.05, 4.69) is 57.2 Å². The van der Waals surface area contributed by atoms with Gasteiger partial charge in [0.1, 0.15) is 13.2 Å². The van der Waals surface area contributed by atoms with Crippen LogP contribution in [0.5, 0.6) is 0 Å². The van der Waals surface area contributed by atoms with Crippen LogP contribution < -0.4 is 0 Å². The molecule has 0 saturated heterocycles. The van der Waals surface area contributed by atoms with E-state index < -0.39 is 6.10 Å². The predicted molar refractivity (Wildman–Crippen MR) is 321 cm³/mol. The number of carbonyl (C=O) groups excluding carboxylic acids is 3. The normalized spacial score (nSPS) is 12.2. The van der Waals surface area contributed by atoms with E-state index in [4.69, 9.17) is 14.2 Å². The molecule has 0 rings (SSSR count). The zero-order chi connectivity index (χ0) is 53.6. The molecule has 0 bridgehead atoms. The second-order valence-electron chi connectivity index (χ2n) is 22.4. The van der Waals surface area contributed by atoms with Crippen molar-refractivity contribution >= 4 is 17.9 Å². The van der Waals surface area contributed by atoms with Crippen molar-refractivity contribution in [2.24, 2.45) is 0 Å². The smallest absolute Gasteiger partial charge is 0.306 e. The molecule has 0 aliphatic heterocycles. The molecule has 0 saturated carbocycles. The first-order chi connectivity index (χ1) is 36.5. The summed E-state index contributed by atoms with van der Waals surface area (Å²) in [7, 11) is 0. The van der Waals surface area contributed by atoms with Crippen molar-refractivity contribution in [3.05, 3.63) is 36.5 Å². The standard InChI is InChI=1S/C68H126O6/c1-4-7-10-13-16-19-22-25-27-29-31-33-35-36-38-40-43-46-49-52-55-58-61-67(70)73-64-65(63-72-66(69)60-57-54-51-48-45-42-24-21-18-15-12-9-6-3)74-68(71)62-59-56-53-50-47-44-41-39-37-34-32-30-28-26-23-20-17-14-11-8-5-2/h23,26,30,32,37,39,65H,4-22,24-25,27-29,31,33-36,38,40-64H2,1-3H3/b26-23-,32-30-,39-37-. The van der Waals surface area contributed by atoms with Gasteiger partial charge in [-0.25, -0.2) is 0 Å². The Kier molecular flexibility index (Phi) is 61.1. The van der Waals surface area contributed by atoms with E-state index in [0.29, 0.717) is 19.3 Å². The van der Waals surface area contributed by atoms with Crippen molar-refractivity contribution in [1.82, 2.24) is 0 Å². The van der Waals surface area contributed by atoms with Gasteiger partial charge in [-0.2, -0.15) is 0 Å². The Hall–Kier alpha value is -2.37. The number of esters is 3. The first-order valence-corrected chi connectivity index (χ1v) is 33.0. The van der Waals surface area contributed by atoms with E-state index in [1.165, 1.54) is 244 Å². The summed E-state index contributed by atoms with van der Waals surface area (Å²) in [4.78, 5) is 38.3. The molecule has 0 heterocycles. The monoisotopic (exact) mass is 1040 g/mol. The Bertz CT molecular complexity index is 1240. The minimum Gasteiger partial charge on any atom is -0.462 e. The van der Waals surface area contributed by atoms with Crippen molar-refractivity contribution in [1.29, 1.82) is 0 Å². The van der Waals surface area contributed by atoms with Gasteiger partial charge in [0, 0.05) is 19.3 Å². The maximum Gasteiger partial charge on any atom is 0.306 e. The first kappa shape index (κ1) is 71.6. The van der Waals surface area contributed by atoms with Gasteiger partial charge in [-0.15, -0.1) is 0 Å². The number of hydrogen-bond donors (Lipinski definition) is 0. The number of allylic oxidation sites excluding steroid dienone is 6. The van der Waals surface area contributed by atoms with Crippen molar-refractivity contribution in [3.63, 3.8) is 0 Å². The Morgan fingerprint density at radius 1 is 0.270 bits per heavy atom. The summed E-state index contributed by atoms with van der Waals surface area (Å²) < 4.78 is 16.9. The van der Waals surface area contributed by atoms with Gasteiger partial charge >= 0.3 is 17.9 Å². The largest absolute Gasteiger partial charge is 0.462 e. The fraction of sp³-hybridized carbons (Fsp3) is 0.868. The Balaban J connectivity index is 4.30. The van der Waals surface area contributed by atoms with Crippen molar-refractivity contribution in [2.75, 3.05) is 13.2 Å². The zero-order valence-electron chi connectivity index (χ0n) is 49.9. The van der Waals surface area contributed by atoms with Gasteiger partial charge in [0.2, 0.25) is 0 Å². The molecule has 0 spiro atoms. The van der Waals surface area contributed by atoms with Gasteiger partial charge < -0.3 is 14.2 Å². The Morgan fingerprint density at radius 3 is 0.757 bits per heavy atom. The van der Waals surface area contributed by atoms with Gasteiger partial charge in [-0.3, -0.25) is 14.4 Å². The maximum atomic E-state index is 12.9. The Morgan fingerprint density at radius 2 is 0.486 bits per heavy atom. The molecule has 434 valence electrons. The summed E-state index contributed by atoms with van der Waals surface area (Å²) in [5, 5.41) is 0. The molecule has 74 heavy (non-hydrogen) atoms. The van der Waals surface area contributed by atoms with Crippen LogP contribution in [-0.4, -0.2) is 37.2 Å². The molecule has 0 amide bonds. The molecule has 6 nitrogen and oxygen atoms in total. The average molecular weight is 1040 g/mol. The van der Waals surface area contributed by atoms with Gasteiger partial charge in [0.05, 0.1) is 0 Å². The lowest BCUT2D eigenvalue weighted by atomic mass is 10.0. The molecule has 0 N–H and O–H groups in total. The van der Waals surface area contributed by atoms with Gasteiger partial charge in [-0.05, 0) is 57.8 Å². The quantitative estimate of drug-likeness (QED) is 0.0261. The van der Waals surface area contributed by atoms with Gasteiger partial charge in [0.25, 0.3) is 0 Å². The van der Waals surface area contributed by atoms with Crippen LogP contribution in [0.3, 0.4) is 0 Å². The number of unbranched alkanes of at least 4 members (excludes halogenated alkanes) is 44. The lowest BCUT2D eigenvalue weighted by Gasteiger charge is -2.18. The second kappa shape index (κ2) is 63.2. The van der Waals surface area contributed by atoms with Crippen LogP contribution in [0.25, 0.3) is 0 Å². The molecule has 0 aromatic rings. The highest BCUT2D eigenvalue weighted by molar-refractivity contribution is 5.71. The average Bonchev–Trinajstić information content (AvgIpc) is 3.40. The van der Waals surface area contributed by atoms with Crippen LogP contribution in [0.1, 0.15) is 361 Å². The lowest BCUT2D eigenvalue weighted by molar-refractivity contribution is -0.167. The van der Waals surface area contributed by atoms with Gasteiger partial charge in [-0.1, -0.05) is 320 Å². The second-order valence-corrected chi connectivity index (χ2v) is 22.4. The third-order valence-electron chi connectivity index (χ3n) is 14.9. The van der Waals surface area contributed by atoms with E-state index >= 15 is 0 Å². The minimum atomic E-state index is -0.776. The summed E-state index contributed by atoms with van der Waals surface area (Å²) in [5.41, 5.74) is 0. The molecule has 0 fully saturated rings. The first-order valence-electron chi connectivity index (χ1n) is 33.0. The SMILES string of the molecule is CCCCCCC/C=C\C/C=C\C/C=C\CCCCCCCCC(=O)OC(COC(=O)CCCCCCCCCCCCCCC)COC(=O)CCCCCCCCCCCCCCCCCCCCCCCC. The highest BCUT2D eigenvalue weighted by Gasteiger charge is 2.19. The highest BCUT2D eigenvalue weighted by Crippen LogP contribution is 2.18. The number of hydrogen-bond acceptors (Lipinski definition) is 6. The molecule has 0 radical (unpaired) electrons. The zero-order valence-corrected chi connectivity index (χ0v) is 49.9. The molecule has 1 unspecified atom stereocenters. The summed E-state index contributed by atoms with van der Waals surface area (Å²) >= 11 is 0. The van der Waals surface area contributed by atoms with E-state index in [9.17, 15) is 14.4 Å². The number of carbonyl (C=O) groups is 3. The molecule has 1 atom stereocenters. The predicted octanol–water partition coefficient (Wildman–Crippen LogP) is 22.4. The third-order valence-corrected chi connectivity index (χ3v) is 14.9. The third kappa shape index (κ3) is 60.5. The number of ether oxygens (including phenoxy) is 3. The van der Waals surface area contributed by atoms with Crippen LogP contribution in [0.4, 0.5) is 0 Å². The maximum absolute atomic E-state index is 12.9. The molecular weight excluding hydrogens is 913 g/mol. The van der Waals surface area contributed by atoms with Crippen LogP contribution in [0, 0.1) is 0 Å². The molecular formula is C68H126O6. The molecule has 6 heteroatoms. The molecule has 0 aromatic heterocycles. The van der Waals surface area contributed by atoms with E-state index in [-0.39, 0.29) is 31.1 Å². The van der Waals surface area contributed by atoms with E-state index in [0.717, 1.165) is 77.0 Å². The highest BCUT2D eigenvalue weighted by atomic mass is 16.6. The van der Waals surface area contributed by atoms with Crippen LogP contribution in [0.15, 0.2) is 36.5 Å². The Labute approximate surface area is 461 Å². The summed E-state index contributed by atoms with van der Waals surface area (Å²) in [6, 6.07) is 0. The van der Waals surface area contributed by atoms with E-state index in [1.807, 2.05) is 0 Å². The van der Waals surface area contributed by atoms with Crippen LogP contribution in [0.2, 0.25) is 0 Å². The van der Waals surface area contributed by atoms with Crippen LogP contribution in [-0.2, 0) is 28.6 Å². The molecule has 0 aliphatic rings. The minimum absolute atomic E-state index is 0.0721. The lowest BCUT2D eigenvalue weighted by Crippen LogP contribution is -2.30. The van der Waals surface area contributed by atoms with Crippen molar-refractivity contribution in [3.8, 4) is 0 Å². The topological polar surface area (TPSA) is 78.9 Å². The van der Waals surface area contributed by atoms with Crippen molar-refractivity contribution < 1.29 is 28.6 Å². The van der Waals surface area contributed by atoms with E-state index in [1.54, 1.807) is 0 Å². The fourth-order valence-corrected chi connectivity index (χ4v) is 9.92. The van der Waals surface area contributed by atoms with Crippen molar-refractivity contribution in [2.45, 2.75) is 367 Å². The molecule has 0 aromatic carbocycles. The van der Waals surface area contributed by atoms with Gasteiger partial charge in [0.15, 0.2) is 6.10 Å². The van der Waals surface area contributed by atoms with Crippen LogP contribution >= 0.6 is 0 Å². The fourth-order valence-electron chi connectivity index (χ4n) is 9.92. The molecule has 0 aliphatic carbocycles. The summed E-state index contributed by atoms with van der Waals surface area (Å²) in [5.74, 6) is -0.859. The summed E-state index contributed by atoms with van der Waals surface area (Å²) in [6.07, 6.45) is 77.2.